The van der Waals surface area contributed by atoms with Crippen molar-refractivity contribution in [2.45, 2.75) is 33.2 Å². The zero-order valence-corrected chi connectivity index (χ0v) is 12.6. The van der Waals surface area contributed by atoms with E-state index >= 15 is 0 Å². The first-order chi connectivity index (χ1) is 9.70. The van der Waals surface area contributed by atoms with Gasteiger partial charge in [0.15, 0.2) is 0 Å². The highest BCUT2D eigenvalue weighted by Crippen LogP contribution is 2.25. The van der Waals surface area contributed by atoms with E-state index in [0.717, 1.165) is 23.9 Å². The van der Waals surface area contributed by atoms with Gasteiger partial charge in [-0.3, -0.25) is 4.90 Å². The van der Waals surface area contributed by atoms with Crippen molar-refractivity contribution in [1.29, 1.82) is 0 Å². The lowest BCUT2D eigenvalue weighted by molar-refractivity contribution is 0.152. The van der Waals surface area contributed by atoms with Crippen LogP contribution >= 0.6 is 0 Å². The fourth-order valence-corrected chi connectivity index (χ4v) is 2.93. The van der Waals surface area contributed by atoms with Crippen LogP contribution in [0.15, 0.2) is 24.3 Å². The van der Waals surface area contributed by atoms with Gasteiger partial charge in [-0.05, 0) is 49.4 Å². The molecule has 1 N–H and O–H groups in total. The van der Waals surface area contributed by atoms with E-state index in [9.17, 15) is 0 Å². The van der Waals surface area contributed by atoms with Crippen LogP contribution < -0.4 is 0 Å². The Morgan fingerprint density at radius 2 is 1.95 bits per heavy atom. The molecule has 2 heteroatoms. The van der Waals surface area contributed by atoms with Crippen LogP contribution in [0.25, 0.3) is 0 Å². The molecule has 1 aromatic rings. The van der Waals surface area contributed by atoms with Gasteiger partial charge in [0.05, 0.1) is 0 Å². The summed E-state index contributed by atoms with van der Waals surface area (Å²) in [6, 6.07) is 8.27. The van der Waals surface area contributed by atoms with E-state index < -0.39 is 0 Å². The molecular formula is C18H25NO. The van der Waals surface area contributed by atoms with Crippen LogP contribution in [0, 0.1) is 23.7 Å². The molecule has 1 aliphatic rings. The Hall–Kier alpha value is -1.30. The van der Waals surface area contributed by atoms with Gasteiger partial charge in [0.1, 0.15) is 6.61 Å². The van der Waals surface area contributed by atoms with E-state index in [1.54, 1.807) is 0 Å². The average Bonchev–Trinajstić information content (AvgIpc) is 2.47. The van der Waals surface area contributed by atoms with Gasteiger partial charge in [0, 0.05) is 12.1 Å². The molecule has 1 saturated heterocycles. The topological polar surface area (TPSA) is 23.5 Å². The summed E-state index contributed by atoms with van der Waals surface area (Å²) in [5.74, 6) is 7.49. The second kappa shape index (κ2) is 7.47. The third kappa shape index (κ3) is 4.10. The maximum atomic E-state index is 8.84. The van der Waals surface area contributed by atoms with Gasteiger partial charge < -0.3 is 5.11 Å². The molecule has 2 nitrogen and oxygen atoms in total. The summed E-state index contributed by atoms with van der Waals surface area (Å²) in [7, 11) is 0. The quantitative estimate of drug-likeness (QED) is 0.855. The van der Waals surface area contributed by atoms with Crippen LogP contribution in [0.5, 0.6) is 0 Å². The van der Waals surface area contributed by atoms with Crippen molar-refractivity contribution in [3.63, 3.8) is 0 Å². The summed E-state index contributed by atoms with van der Waals surface area (Å²) < 4.78 is 0. The lowest BCUT2D eigenvalue weighted by Crippen LogP contribution is -2.34. The Bertz CT molecular complexity index is 476. The zero-order valence-electron chi connectivity index (χ0n) is 12.6. The number of nitrogens with zero attached hydrogens (tertiary/aromatic N) is 1. The number of aliphatic hydroxyl groups is 1. The molecule has 1 fully saturated rings. The lowest BCUT2D eigenvalue weighted by Gasteiger charge is -2.34. The molecule has 0 spiro atoms. The van der Waals surface area contributed by atoms with Gasteiger partial charge >= 0.3 is 0 Å². The third-order valence-electron chi connectivity index (χ3n) is 4.29. The standard InChI is InChI=1S/C18H25NO/c1-15(2)16-9-11-19(12-10-16)14-18-7-4-3-6-17(18)8-5-13-20/h3-4,6-7,15-16,20H,9-14H2,1-2H3. The monoisotopic (exact) mass is 271 g/mol. The van der Waals surface area contributed by atoms with Crippen LogP contribution in [0.4, 0.5) is 0 Å². The third-order valence-corrected chi connectivity index (χ3v) is 4.29. The SMILES string of the molecule is CC(C)C1CCN(Cc2ccccc2C#CCO)CC1. The number of likely N-dealkylation sites (tertiary alicyclic amines) is 1. The summed E-state index contributed by atoms with van der Waals surface area (Å²) in [5.41, 5.74) is 2.32. The summed E-state index contributed by atoms with van der Waals surface area (Å²) in [6.45, 7) is 7.94. The van der Waals surface area contributed by atoms with Gasteiger partial charge in [0.2, 0.25) is 0 Å². The van der Waals surface area contributed by atoms with E-state index in [1.165, 1.54) is 31.5 Å². The Morgan fingerprint density at radius 1 is 1.25 bits per heavy atom. The first-order valence-corrected chi connectivity index (χ1v) is 7.60. The summed E-state index contributed by atoms with van der Waals surface area (Å²) in [4.78, 5) is 2.53. The van der Waals surface area contributed by atoms with Crippen molar-refractivity contribution in [3.8, 4) is 11.8 Å². The van der Waals surface area contributed by atoms with E-state index in [2.05, 4.69) is 42.7 Å². The van der Waals surface area contributed by atoms with Crippen molar-refractivity contribution in [1.82, 2.24) is 4.90 Å². The minimum atomic E-state index is -0.0753. The summed E-state index contributed by atoms with van der Waals surface area (Å²) in [6.07, 6.45) is 2.62. The minimum absolute atomic E-state index is 0.0753. The normalized spacial score (nSPS) is 17.0. The summed E-state index contributed by atoms with van der Waals surface area (Å²) >= 11 is 0. The smallest absolute Gasteiger partial charge is 0.104 e. The molecule has 2 rings (SSSR count). The molecule has 0 unspecified atom stereocenters. The Kier molecular flexibility index (Phi) is 5.64. The first-order valence-electron chi connectivity index (χ1n) is 7.60. The number of hydrogen-bond donors (Lipinski definition) is 1. The van der Waals surface area contributed by atoms with E-state index in [1.807, 2.05) is 12.1 Å². The van der Waals surface area contributed by atoms with Crippen molar-refractivity contribution in [2.24, 2.45) is 11.8 Å². The minimum Gasteiger partial charge on any atom is -0.384 e. The van der Waals surface area contributed by atoms with Gasteiger partial charge in [0.25, 0.3) is 0 Å². The van der Waals surface area contributed by atoms with Crippen molar-refractivity contribution >= 4 is 0 Å². The van der Waals surface area contributed by atoms with Gasteiger partial charge in [-0.2, -0.15) is 0 Å². The Morgan fingerprint density at radius 3 is 2.60 bits per heavy atom. The number of piperidine rings is 1. The van der Waals surface area contributed by atoms with Gasteiger partial charge in [-0.25, -0.2) is 0 Å². The Balaban J connectivity index is 1.98. The molecule has 0 saturated carbocycles. The first kappa shape index (κ1) is 15.1. The molecule has 0 amide bonds. The van der Waals surface area contributed by atoms with Gasteiger partial charge in [-0.15, -0.1) is 0 Å². The molecule has 1 aliphatic heterocycles. The maximum absolute atomic E-state index is 8.84. The fourth-order valence-electron chi connectivity index (χ4n) is 2.93. The average molecular weight is 271 g/mol. The molecule has 0 aromatic heterocycles. The number of aliphatic hydroxyl groups excluding tert-OH is 1. The van der Waals surface area contributed by atoms with Crippen LogP contribution in [0.3, 0.4) is 0 Å². The molecule has 20 heavy (non-hydrogen) atoms. The van der Waals surface area contributed by atoms with E-state index in [0.29, 0.717) is 0 Å². The van der Waals surface area contributed by atoms with Crippen molar-refractivity contribution in [3.05, 3.63) is 35.4 Å². The van der Waals surface area contributed by atoms with Crippen molar-refractivity contribution in [2.75, 3.05) is 19.7 Å². The molecular weight excluding hydrogens is 246 g/mol. The molecule has 1 aromatic carbocycles. The van der Waals surface area contributed by atoms with E-state index in [4.69, 9.17) is 5.11 Å². The molecule has 0 bridgehead atoms. The number of benzene rings is 1. The predicted octanol–water partition coefficient (Wildman–Crippen LogP) is 2.90. The second-order valence-corrected chi connectivity index (χ2v) is 5.97. The maximum Gasteiger partial charge on any atom is 0.104 e. The molecule has 0 radical (unpaired) electrons. The van der Waals surface area contributed by atoms with Crippen LogP contribution in [-0.4, -0.2) is 29.7 Å². The Labute approximate surface area is 122 Å². The predicted molar refractivity (Wildman–Crippen MR) is 83.2 cm³/mol. The fraction of sp³-hybridized carbons (Fsp3) is 0.556. The van der Waals surface area contributed by atoms with Crippen LogP contribution in [-0.2, 0) is 6.54 Å². The summed E-state index contributed by atoms with van der Waals surface area (Å²) in [5, 5.41) is 8.84. The number of hydrogen-bond acceptors (Lipinski definition) is 2. The molecule has 1 heterocycles. The number of rotatable bonds is 3. The highest BCUT2D eigenvalue weighted by Gasteiger charge is 2.21. The highest BCUT2D eigenvalue weighted by molar-refractivity contribution is 5.41. The second-order valence-electron chi connectivity index (χ2n) is 5.97. The van der Waals surface area contributed by atoms with Crippen LogP contribution in [0.1, 0.15) is 37.8 Å². The zero-order chi connectivity index (χ0) is 14.4. The molecule has 0 aliphatic carbocycles. The van der Waals surface area contributed by atoms with Crippen LogP contribution in [0.2, 0.25) is 0 Å². The highest BCUT2D eigenvalue weighted by atomic mass is 16.2. The molecule has 108 valence electrons. The van der Waals surface area contributed by atoms with E-state index in [-0.39, 0.29) is 6.61 Å². The lowest BCUT2D eigenvalue weighted by atomic mass is 9.86. The van der Waals surface area contributed by atoms with Crippen molar-refractivity contribution < 1.29 is 5.11 Å². The van der Waals surface area contributed by atoms with Gasteiger partial charge in [-0.1, -0.05) is 43.9 Å². The largest absolute Gasteiger partial charge is 0.384 e. The molecule has 0 atom stereocenters.